The monoisotopic (exact) mass is 759 g/mol. The third-order valence-corrected chi connectivity index (χ3v) is 15.1. The minimum atomic E-state index is -3.94. The molecule has 1 fully saturated rings. The molecule has 54 heavy (non-hydrogen) atoms. The number of hydrogen-bond donors (Lipinski definition) is 2. The standard InChI is InChI=1S/C46H49NO5S2/c1-33-11-9-26-45(2)42(25-27-46(45,50)32-47(31-34-12-5-3-6-13-34)54(51,52)43-16-10-28-53-43)40-24-18-35(29-39(48)23-17-33)30-41(40)44(49)38-21-19-37(20-22-38)36-14-7-4-8-15-36/h3-8,10-16,18-22,24,28,30,39,42,48,50H,9,17,23,25-27,29,31-32H2,1-2H3. The predicted octanol–water partition coefficient (Wildman–Crippen LogP) is 9.58. The smallest absolute Gasteiger partial charge is 0.252 e. The molecule has 4 unspecified atom stereocenters. The Bertz CT molecular complexity index is 2200. The summed E-state index contributed by atoms with van der Waals surface area (Å²) >= 11 is 1.18. The van der Waals surface area contributed by atoms with E-state index in [1.54, 1.807) is 17.5 Å². The van der Waals surface area contributed by atoms with Gasteiger partial charge in [0.15, 0.2) is 5.78 Å². The van der Waals surface area contributed by atoms with Crippen molar-refractivity contribution in [3.05, 3.63) is 160 Å². The third-order valence-electron chi connectivity index (χ3n) is 11.9. The van der Waals surface area contributed by atoms with Gasteiger partial charge in [-0.2, -0.15) is 4.31 Å². The van der Waals surface area contributed by atoms with Crippen LogP contribution in [0, 0.1) is 5.41 Å². The molecule has 1 saturated carbocycles. The van der Waals surface area contributed by atoms with Crippen LogP contribution in [0.25, 0.3) is 11.1 Å². The lowest BCUT2D eigenvalue weighted by atomic mass is 9.64. The van der Waals surface area contributed by atoms with Gasteiger partial charge in [0.25, 0.3) is 10.0 Å². The fourth-order valence-electron chi connectivity index (χ4n) is 8.64. The highest BCUT2D eigenvalue weighted by molar-refractivity contribution is 7.91. The van der Waals surface area contributed by atoms with Crippen LogP contribution in [-0.2, 0) is 23.0 Å². The van der Waals surface area contributed by atoms with Crippen LogP contribution in [-0.4, -0.2) is 47.0 Å². The molecule has 0 aliphatic heterocycles. The van der Waals surface area contributed by atoms with Gasteiger partial charge in [-0.25, -0.2) is 8.42 Å². The molecule has 1 heterocycles. The van der Waals surface area contributed by atoms with Crippen molar-refractivity contribution < 1.29 is 23.4 Å². The molecule has 2 bridgehead atoms. The first kappa shape index (κ1) is 38.1. The molecule has 0 spiro atoms. The first-order chi connectivity index (χ1) is 26.0. The highest BCUT2D eigenvalue weighted by atomic mass is 32.2. The van der Waals surface area contributed by atoms with Gasteiger partial charge in [0.05, 0.1) is 11.7 Å². The zero-order valence-corrected chi connectivity index (χ0v) is 32.7. The number of carbonyl (C=O) groups is 1. The zero-order chi connectivity index (χ0) is 37.9. The van der Waals surface area contributed by atoms with Gasteiger partial charge in [0.1, 0.15) is 4.21 Å². The normalized spacial score (nSPS) is 23.5. The summed E-state index contributed by atoms with van der Waals surface area (Å²) in [5, 5.41) is 25.9. The summed E-state index contributed by atoms with van der Waals surface area (Å²) in [6.45, 7) is 4.23. The second kappa shape index (κ2) is 15.9. The number of hydrogen-bond acceptors (Lipinski definition) is 6. The van der Waals surface area contributed by atoms with Gasteiger partial charge in [-0.3, -0.25) is 4.79 Å². The van der Waals surface area contributed by atoms with E-state index in [1.165, 1.54) is 21.2 Å². The summed E-state index contributed by atoms with van der Waals surface area (Å²) < 4.78 is 30.3. The Morgan fingerprint density at radius 3 is 2.28 bits per heavy atom. The van der Waals surface area contributed by atoms with Crippen molar-refractivity contribution in [2.45, 2.75) is 87.2 Å². The van der Waals surface area contributed by atoms with Gasteiger partial charge in [0, 0.05) is 29.6 Å². The van der Waals surface area contributed by atoms with Crippen molar-refractivity contribution in [3.63, 3.8) is 0 Å². The molecule has 280 valence electrons. The minimum absolute atomic E-state index is 0.0771. The Balaban J connectivity index is 1.31. The molecule has 1 aromatic heterocycles. The van der Waals surface area contributed by atoms with E-state index in [4.69, 9.17) is 0 Å². The van der Waals surface area contributed by atoms with Crippen LogP contribution >= 0.6 is 11.3 Å². The number of ketones is 1. The molecular formula is C46H49NO5S2. The van der Waals surface area contributed by atoms with E-state index in [1.807, 2.05) is 103 Å². The summed E-state index contributed by atoms with van der Waals surface area (Å²) in [4.78, 5) is 14.6. The molecule has 0 radical (unpaired) electrons. The second-order valence-electron chi connectivity index (χ2n) is 15.4. The topological polar surface area (TPSA) is 94.9 Å². The van der Waals surface area contributed by atoms with Gasteiger partial charge < -0.3 is 10.2 Å². The molecule has 8 rings (SSSR count). The van der Waals surface area contributed by atoms with E-state index in [0.717, 1.165) is 34.2 Å². The second-order valence-corrected chi connectivity index (χ2v) is 18.5. The van der Waals surface area contributed by atoms with Gasteiger partial charge in [0.2, 0.25) is 0 Å². The van der Waals surface area contributed by atoms with Crippen molar-refractivity contribution >= 4 is 27.1 Å². The van der Waals surface area contributed by atoms with Crippen LogP contribution in [0.3, 0.4) is 0 Å². The molecule has 4 atom stereocenters. The number of benzene rings is 4. The zero-order valence-electron chi connectivity index (χ0n) is 31.0. The Labute approximate surface area is 323 Å². The van der Waals surface area contributed by atoms with Crippen molar-refractivity contribution in [2.24, 2.45) is 5.41 Å². The van der Waals surface area contributed by atoms with Gasteiger partial charge in [-0.1, -0.05) is 122 Å². The molecule has 4 aromatic carbocycles. The van der Waals surface area contributed by atoms with Crippen LogP contribution in [0.4, 0.5) is 0 Å². The molecule has 6 nitrogen and oxygen atoms in total. The maximum Gasteiger partial charge on any atom is 0.252 e. The van der Waals surface area contributed by atoms with Crippen LogP contribution in [0.2, 0.25) is 0 Å². The molecule has 3 aliphatic rings. The maximum atomic E-state index is 14.6. The molecule has 2 N–H and O–H groups in total. The maximum absolute atomic E-state index is 14.6. The summed E-state index contributed by atoms with van der Waals surface area (Å²) in [6.07, 6.45) is 5.67. The minimum Gasteiger partial charge on any atom is -0.393 e. The number of carbonyl (C=O) groups excluding carboxylic acids is 1. The van der Waals surface area contributed by atoms with E-state index in [0.29, 0.717) is 49.7 Å². The first-order valence-electron chi connectivity index (χ1n) is 18.9. The average Bonchev–Trinajstić information content (AvgIpc) is 3.82. The van der Waals surface area contributed by atoms with E-state index < -0.39 is 27.1 Å². The van der Waals surface area contributed by atoms with E-state index in [2.05, 4.69) is 19.9 Å². The third kappa shape index (κ3) is 7.81. The van der Waals surface area contributed by atoms with Crippen LogP contribution in [0.5, 0.6) is 0 Å². The summed E-state index contributed by atoms with van der Waals surface area (Å²) in [5.41, 5.74) is 4.82. The number of aliphatic hydroxyl groups excluding tert-OH is 1. The number of sulfonamides is 1. The lowest BCUT2D eigenvalue weighted by Gasteiger charge is -2.46. The Kier molecular flexibility index (Phi) is 11.2. The number of rotatable bonds is 9. The number of thiophene rings is 1. The number of allylic oxidation sites excluding steroid dienone is 2. The van der Waals surface area contributed by atoms with Crippen molar-refractivity contribution in [3.8, 4) is 11.1 Å². The SMILES string of the molecule is CC1=CCCC2(C)C(CCC2(O)CN(Cc2ccccc2)S(=O)(=O)c2cccs2)c2ccc(cc2C(=O)c2ccc(-c3ccccc3)cc2)CC(O)CC1. The Morgan fingerprint density at radius 2 is 1.57 bits per heavy atom. The average molecular weight is 760 g/mol. The van der Waals surface area contributed by atoms with Crippen LogP contribution in [0.1, 0.15) is 90.9 Å². The fourth-order valence-corrected chi connectivity index (χ4v) is 11.3. The molecule has 0 saturated heterocycles. The number of aliphatic hydroxyl groups is 2. The Hall–Kier alpha value is -4.18. The van der Waals surface area contributed by atoms with Gasteiger partial charge in [-0.15, -0.1) is 11.3 Å². The molecule has 5 aromatic rings. The highest BCUT2D eigenvalue weighted by Gasteiger charge is 2.58. The van der Waals surface area contributed by atoms with E-state index in [-0.39, 0.29) is 29.0 Å². The molecule has 3 aliphatic carbocycles. The van der Waals surface area contributed by atoms with E-state index >= 15 is 0 Å². The Morgan fingerprint density at radius 1 is 0.870 bits per heavy atom. The van der Waals surface area contributed by atoms with Crippen molar-refractivity contribution in [1.29, 1.82) is 0 Å². The fraction of sp³-hybridized carbons (Fsp3) is 0.326. The largest absolute Gasteiger partial charge is 0.393 e. The van der Waals surface area contributed by atoms with Crippen molar-refractivity contribution in [2.75, 3.05) is 6.54 Å². The highest BCUT2D eigenvalue weighted by Crippen LogP contribution is 2.59. The van der Waals surface area contributed by atoms with Crippen molar-refractivity contribution in [1.82, 2.24) is 4.31 Å². The first-order valence-corrected chi connectivity index (χ1v) is 21.3. The summed E-state index contributed by atoms with van der Waals surface area (Å²) in [6, 6.07) is 36.7. The van der Waals surface area contributed by atoms with Gasteiger partial charge in [-0.05, 0) is 103 Å². The van der Waals surface area contributed by atoms with E-state index in [9.17, 15) is 23.4 Å². The number of fused-ring (bicyclic) bond motifs is 8. The van der Waals surface area contributed by atoms with Gasteiger partial charge >= 0.3 is 0 Å². The predicted molar refractivity (Wildman–Crippen MR) is 217 cm³/mol. The number of nitrogens with zero attached hydrogens (tertiary/aromatic N) is 1. The van der Waals surface area contributed by atoms with Crippen LogP contribution < -0.4 is 0 Å². The van der Waals surface area contributed by atoms with Crippen LogP contribution in [0.15, 0.2) is 136 Å². The molecule has 0 amide bonds. The summed E-state index contributed by atoms with van der Waals surface area (Å²) in [7, 11) is -3.94. The quantitative estimate of drug-likeness (QED) is 0.115. The summed E-state index contributed by atoms with van der Waals surface area (Å²) in [5.74, 6) is -0.337. The lowest BCUT2D eigenvalue weighted by Crippen LogP contribution is -2.53. The lowest BCUT2D eigenvalue weighted by molar-refractivity contribution is -0.0731. The molecular weight excluding hydrogens is 711 g/mol. The molecule has 8 heteroatoms.